The zero-order chi connectivity index (χ0) is 19.2. The minimum atomic E-state index is -4.41. The molecule has 0 heterocycles. The van der Waals surface area contributed by atoms with Crippen LogP contribution in [0.25, 0.3) is 0 Å². The monoisotopic (exact) mass is 387 g/mol. The summed E-state index contributed by atoms with van der Waals surface area (Å²) in [5.74, 6) is -0.0783. The van der Waals surface area contributed by atoms with Crippen molar-refractivity contribution in [1.82, 2.24) is 5.32 Å². The minimum absolute atomic E-state index is 0.0347. The molecule has 0 bridgehead atoms. The Balaban J connectivity index is 1.72. The summed E-state index contributed by atoms with van der Waals surface area (Å²) in [4.78, 5) is 11.8. The summed E-state index contributed by atoms with van der Waals surface area (Å²) in [6.45, 7) is -0.195. The van der Waals surface area contributed by atoms with Crippen LogP contribution in [0.2, 0.25) is 5.02 Å². The van der Waals surface area contributed by atoms with E-state index in [9.17, 15) is 23.1 Å². The highest BCUT2D eigenvalue weighted by Crippen LogP contribution is 2.30. The largest absolute Gasteiger partial charge is 0.491 e. The van der Waals surface area contributed by atoms with Gasteiger partial charge >= 0.3 is 6.18 Å². The molecule has 2 aromatic rings. The van der Waals surface area contributed by atoms with Crippen LogP contribution >= 0.6 is 11.6 Å². The molecular formula is C18H17ClF3NO3. The molecule has 1 amide bonds. The number of nitrogens with one attached hydrogen (secondary N) is 1. The van der Waals surface area contributed by atoms with Gasteiger partial charge in [-0.25, -0.2) is 0 Å². The number of hydrogen-bond acceptors (Lipinski definition) is 3. The fourth-order valence-electron chi connectivity index (χ4n) is 2.07. The molecule has 26 heavy (non-hydrogen) atoms. The van der Waals surface area contributed by atoms with Crippen molar-refractivity contribution < 1.29 is 27.8 Å². The van der Waals surface area contributed by atoms with Gasteiger partial charge in [0.25, 0.3) is 0 Å². The van der Waals surface area contributed by atoms with E-state index >= 15 is 0 Å². The molecule has 2 N–H and O–H groups in total. The van der Waals surface area contributed by atoms with E-state index in [0.717, 1.165) is 17.7 Å². The van der Waals surface area contributed by atoms with Crippen molar-refractivity contribution in [1.29, 1.82) is 0 Å². The van der Waals surface area contributed by atoms with Crippen molar-refractivity contribution in [2.45, 2.75) is 18.7 Å². The Bertz CT molecular complexity index is 718. The predicted molar refractivity (Wildman–Crippen MR) is 91.1 cm³/mol. The standard InChI is InChI=1S/C18H17ClF3NO3/c19-14-5-1-12(2-6-14)9-17(25)23-10-15(24)11-26-16-7-3-13(4-8-16)18(20,21)22/h1-8,15,24H,9-11H2,(H,23,25). The molecule has 2 aromatic carbocycles. The molecule has 0 aromatic heterocycles. The minimum Gasteiger partial charge on any atom is -0.491 e. The molecule has 0 radical (unpaired) electrons. The fourth-order valence-corrected chi connectivity index (χ4v) is 2.20. The van der Waals surface area contributed by atoms with Gasteiger partial charge in [0.05, 0.1) is 12.0 Å². The van der Waals surface area contributed by atoms with Gasteiger partial charge in [0.1, 0.15) is 18.5 Å². The lowest BCUT2D eigenvalue weighted by molar-refractivity contribution is -0.137. The van der Waals surface area contributed by atoms with Crippen LogP contribution in [0, 0.1) is 0 Å². The van der Waals surface area contributed by atoms with E-state index in [1.165, 1.54) is 12.1 Å². The highest BCUT2D eigenvalue weighted by atomic mass is 35.5. The number of alkyl halides is 3. The van der Waals surface area contributed by atoms with Crippen LogP contribution in [0.1, 0.15) is 11.1 Å². The van der Waals surface area contributed by atoms with Gasteiger partial charge in [-0.05, 0) is 42.0 Å². The molecule has 0 fully saturated rings. The lowest BCUT2D eigenvalue weighted by Gasteiger charge is -2.14. The van der Waals surface area contributed by atoms with Crippen LogP contribution in [0.15, 0.2) is 48.5 Å². The molecule has 0 saturated carbocycles. The number of amides is 1. The molecule has 2 rings (SSSR count). The molecule has 0 aliphatic rings. The summed E-state index contributed by atoms with van der Waals surface area (Å²) in [6, 6.07) is 11.0. The van der Waals surface area contributed by atoms with Crippen molar-refractivity contribution in [3.8, 4) is 5.75 Å². The third-order valence-electron chi connectivity index (χ3n) is 3.44. The molecule has 1 atom stereocenters. The number of ether oxygens (including phenoxy) is 1. The number of halogens is 4. The van der Waals surface area contributed by atoms with Gasteiger partial charge < -0.3 is 15.2 Å². The van der Waals surface area contributed by atoms with E-state index in [1.807, 2.05) is 0 Å². The van der Waals surface area contributed by atoms with Gasteiger partial charge in [-0.15, -0.1) is 0 Å². The molecule has 140 valence electrons. The Morgan fingerprint density at radius 3 is 2.31 bits per heavy atom. The van der Waals surface area contributed by atoms with E-state index in [0.29, 0.717) is 5.02 Å². The molecule has 0 aliphatic heterocycles. The predicted octanol–water partition coefficient (Wildman–Crippen LogP) is 3.46. The van der Waals surface area contributed by atoms with Crippen LogP contribution in [-0.4, -0.2) is 30.3 Å². The molecule has 1 unspecified atom stereocenters. The Hall–Kier alpha value is -2.25. The van der Waals surface area contributed by atoms with Gasteiger partial charge in [0.2, 0.25) is 5.91 Å². The molecule has 4 nitrogen and oxygen atoms in total. The van der Waals surface area contributed by atoms with Crippen LogP contribution in [-0.2, 0) is 17.4 Å². The Morgan fingerprint density at radius 1 is 1.12 bits per heavy atom. The molecule has 0 aliphatic carbocycles. The third-order valence-corrected chi connectivity index (χ3v) is 3.69. The first-order valence-corrected chi connectivity index (χ1v) is 8.11. The van der Waals surface area contributed by atoms with Crippen LogP contribution in [0.5, 0.6) is 5.75 Å². The summed E-state index contributed by atoms with van der Waals surface area (Å²) in [6.07, 6.45) is -5.26. The highest BCUT2D eigenvalue weighted by molar-refractivity contribution is 6.30. The first-order valence-electron chi connectivity index (χ1n) is 7.73. The maximum Gasteiger partial charge on any atom is 0.416 e. The van der Waals surface area contributed by atoms with Gasteiger partial charge in [-0.3, -0.25) is 4.79 Å². The number of benzene rings is 2. The van der Waals surface area contributed by atoms with Gasteiger partial charge in [-0.1, -0.05) is 23.7 Å². The van der Waals surface area contributed by atoms with E-state index in [-0.39, 0.29) is 31.2 Å². The SMILES string of the molecule is O=C(Cc1ccc(Cl)cc1)NCC(O)COc1ccc(C(F)(F)F)cc1. The van der Waals surface area contributed by atoms with Gasteiger partial charge in [-0.2, -0.15) is 13.2 Å². The summed E-state index contributed by atoms with van der Waals surface area (Å²) < 4.78 is 42.6. The first kappa shape index (κ1) is 20.1. The second-order valence-corrected chi connectivity index (χ2v) is 6.03. The van der Waals surface area contributed by atoms with Crippen molar-refractivity contribution in [2.75, 3.05) is 13.2 Å². The zero-order valence-electron chi connectivity index (χ0n) is 13.6. The number of hydrogen-bond donors (Lipinski definition) is 2. The molecule has 8 heteroatoms. The summed E-state index contributed by atoms with van der Waals surface area (Å²) in [5, 5.41) is 12.9. The topological polar surface area (TPSA) is 58.6 Å². The molecular weight excluding hydrogens is 371 g/mol. The zero-order valence-corrected chi connectivity index (χ0v) is 14.3. The Kier molecular flexibility index (Phi) is 6.88. The van der Waals surface area contributed by atoms with Gasteiger partial charge in [0.15, 0.2) is 0 Å². The number of carbonyl (C=O) groups excluding carboxylic acids is 1. The maximum atomic E-state index is 12.5. The number of aliphatic hydroxyl groups is 1. The average molecular weight is 388 g/mol. The van der Waals surface area contributed by atoms with Crippen LogP contribution in [0.3, 0.4) is 0 Å². The van der Waals surface area contributed by atoms with E-state index in [2.05, 4.69) is 5.32 Å². The summed E-state index contributed by atoms with van der Waals surface area (Å²) in [5.41, 5.74) is 0.00209. The normalized spacial score (nSPS) is 12.5. The van der Waals surface area contributed by atoms with E-state index < -0.39 is 17.8 Å². The van der Waals surface area contributed by atoms with Gasteiger partial charge in [0, 0.05) is 11.6 Å². The molecule has 0 spiro atoms. The molecule has 0 saturated heterocycles. The average Bonchev–Trinajstić information content (AvgIpc) is 2.60. The van der Waals surface area contributed by atoms with Crippen LogP contribution < -0.4 is 10.1 Å². The van der Waals surface area contributed by atoms with Crippen molar-refractivity contribution in [3.05, 3.63) is 64.7 Å². The lowest BCUT2D eigenvalue weighted by Crippen LogP contribution is -2.36. The highest BCUT2D eigenvalue weighted by Gasteiger charge is 2.30. The quantitative estimate of drug-likeness (QED) is 0.765. The third kappa shape index (κ3) is 6.57. The second-order valence-electron chi connectivity index (χ2n) is 5.59. The summed E-state index contributed by atoms with van der Waals surface area (Å²) in [7, 11) is 0. The fraction of sp³-hybridized carbons (Fsp3) is 0.278. The van der Waals surface area contributed by atoms with Crippen LogP contribution in [0.4, 0.5) is 13.2 Å². The second kappa shape index (κ2) is 8.91. The van der Waals surface area contributed by atoms with E-state index in [1.54, 1.807) is 24.3 Å². The number of rotatable bonds is 7. The number of aliphatic hydroxyl groups excluding tert-OH is 1. The Morgan fingerprint density at radius 2 is 1.73 bits per heavy atom. The van der Waals surface area contributed by atoms with E-state index in [4.69, 9.17) is 16.3 Å². The van der Waals surface area contributed by atoms with Crippen molar-refractivity contribution in [3.63, 3.8) is 0 Å². The first-order chi connectivity index (χ1) is 12.2. The lowest BCUT2D eigenvalue weighted by atomic mass is 10.1. The number of carbonyl (C=O) groups is 1. The van der Waals surface area contributed by atoms with Crippen molar-refractivity contribution in [2.24, 2.45) is 0 Å². The van der Waals surface area contributed by atoms with Crippen molar-refractivity contribution >= 4 is 17.5 Å². The Labute approximate surface area is 153 Å². The maximum absolute atomic E-state index is 12.5. The smallest absolute Gasteiger partial charge is 0.416 e. The summed E-state index contributed by atoms with van der Waals surface area (Å²) >= 11 is 5.76.